The second kappa shape index (κ2) is 4.43. The van der Waals surface area contributed by atoms with E-state index in [0.29, 0.717) is 0 Å². The summed E-state index contributed by atoms with van der Waals surface area (Å²) in [5.41, 5.74) is 6.96. The number of quaternary nitrogens is 1. The fourth-order valence-corrected chi connectivity index (χ4v) is 4.13. The van der Waals surface area contributed by atoms with Crippen LogP contribution in [0.5, 0.6) is 0 Å². The molecule has 1 heteroatoms. The first-order chi connectivity index (χ1) is 11.3. The van der Waals surface area contributed by atoms with Gasteiger partial charge in [0, 0.05) is 12.1 Å². The first-order valence-corrected chi connectivity index (χ1v) is 8.14. The Hall–Kier alpha value is -2.64. The Morgan fingerprint density at radius 1 is 0.652 bits per heavy atom. The van der Waals surface area contributed by atoms with Gasteiger partial charge in [0.05, 0.1) is 18.2 Å². The minimum atomic E-state index is 1.32. The first kappa shape index (κ1) is 12.9. The van der Waals surface area contributed by atoms with E-state index in [1.165, 1.54) is 54.5 Å². The lowest BCUT2D eigenvalue weighted by molar-refractivity contribution is -0.730. The highest BCUT2D eigenvalue weighted by Crippen LogP contribution is 2.46. The summed E-state index contributed by atoms with van der Waals surface area (Å²) in [6.07, 6.45) is 0. The molecule has 1 N–H and O–H groups in total. The zero-order valence-corrected chi connectivity index (χ0v) is 13.4. The number of aryl methyl sites for hydroxylation is 1. The fraction of sp³-hybridized carbons (Fsp3) is 0.0909. The van der Waals surface area contributed by atoms with Crippen molar-refractivity contribution in [1.29, 1.82) is 0 Å². The third kappa shape index (κ3) is 1.60. The average Bonchev–Trinajstić information content (AvgIpc) is 2.88. The lowest BCUT2D eigenvalue weighted by Crippen LogP contribution is -2.97. The van der Waals surface area contributed by atoms with Crippen molar-refractivity contribution in [3.63, 3.8) is 0 Å². The summed E-state index contributed by atoms with van der Waals surface area (Å²) >= 11 is 0. The molecule has 0 spiro atoms. The van der Waals surface area contributed by atoms with Crippen LogP contribution in [0, 0.1) is 6.92 Å². The van der Waals surface area contributed by atoms with E-state index in [1.807, 2.05) is 0 Å². The Bertz CT molecular complexity index is 1090. The predicted octanol–water partition coefficient (Wildman–Crippen LogP) is 4.76. The maximum absolute atomic E-state index is 2.29. The molecule has 0 aliphatic carbocycles. The van der Waals surface area contributed by atoms with Gasteiger partial charge in [0.1, 0.15) is 11.4 Å². The molecule has 1 aliphatic heterocycles. The molecule has 0 bridgehead atoms. The summed E-state index contributed by atoms with van der Waals surface area (Å²) in [5, 5.41) is 5.41. The van der Waals surface area contributed by atoms with E-state index >= 15 is 0 Å². The van der Waals surface area contributed by atoms with Gasteiger partial charge in [-0.2, -0.15) is 0 Å². The standard InChI is InChI=1S/C22H17N/c1-14-6-5-8-16-11-13-19-22(20(14)16)21-17-9-4-3-7-15(17)10-12-18(21)23(19)2/h3-13H,1-2H3/p+1. The summed E-state index contributed by atoms with van der Waals surface area (Å²) in [6, 6.07) is 24.4. The highest BCUT2D eigenvalue weighted by atomic mass is 15.1. The van der Waals surface area contributed by atoms with Crippen molar-refractivity contribution in [2.75, 3.05) is 7.05 Å². The molecule has 4 aromatic carbocycles. The topological polar surface area (TPSA) is 4.44 Å². The van der Waals surface area contributed by atoms with Gasteiger partial charge in [0.25, 0.3) is 0 Å². The Balaban J connectivity index is 2.05. The third-order valence-electron chi connectivity index (χ3n) is 5.24. The number of hydrogen-bond acceptors (Lipinski definition) is 0. The molecule has 0 radical (unpaired) electrons. The minimum absolute atomic E-state index is 1.32. The van der Waals surface area contributed by atoms with Crippen molar-refractivity contribution in [3.05, 3.63) is 72.3 Å². The molecule has 1 aliphatic rings. The van der Waals surface area contributed by atoms with Gasteiger partial charge in [-0.25, -0.2) is 0 Å². The van der Waals surface area contributed by atoms with E-state index in [9.17, 15) is 0 Å². The molecular weight excluding hydrogens is 278 g/mol. The van der Waals surface area contributed by atoms with Crippen molar-refractivity contribution in [2.24, 2.45) is 0 Å². The number of hydrogen-bond donors (Lipinski definition) is 1. The summed E-state index contributed by atoms with van der Waals surface area (Å²) in [5.74, 6) is 0. The van der Waals surface area contributed by atoms with Crippen molar-refractivity contribution in [3.8, 4) is 11.1 Å². The van der Waals surface area contributed by atoms with Gasteiger partial charge < -0.3 is 0 Å². The average molecular weight is 296 g/mol. The monoisotopic (exact) mass is 296 g/mol. The summed E-state index contributed by atoms with van der Waals surface area (Å²) < 4.78 is 0. The molecule has 1 heterocycles. The van der Waals surface area contributed by atoms with Gasteiger partial charge in [-0.3, -0.25) is 4.90 Å². The Labute approximate surface area is 135 Å². The van der Waals surface area contributed by atoms with Crippen molar-refractivity contribution >= 4 is 32.9 Å². The van der Waals surface area contributed by atoms with Gasteiger partial charge in [-0.15, -0.1) is 0 Å². The van der Waals surface area contributed by atoms with Crippen LogP contribution in [0.3, 0.4) is 0 Å². The van der Waals surface area contributed by atoms with Gasteiger partial charge in [0.15, 0.2) is 0 Å². The van der Waals surface area contributed by atoms with E-state index in [1.54, 1.807) is 0 Å². The van der Waals surface area contributed by atoms with Gasteiger partial charge in [0.2, 0.25) is 0 Å². The van der Waals surface area contributed by atoms with Crippen LogP contribution in [-0.2, 0) is 0 Å². The fourth-order valence-electron chi connectivity index (χ4n) is 4.13. The second-order valence-corrected chi connectivity index (χ2v) is 6.50. The SMILES string of the molecule is Cc1cccc2ccc3c(c12)-c1c(ccc2ccccc12)[NH+]3C. The molecule has 0 aromatic heterocycles. The van der Waals surface area contributed by atoms with Crippen LogP contribution in [-0.4, -0.2) is 7.05 Å². The molecule has 23 heavy (non-hydrogen) atoms. The molecule has 1 nitrogen and oxygen atoms in total. The quantitative estimate of drug-likeness (QED) is 0.477. The van der Waals surface area contributed by atoms with Gasteiger partial charge in [-0.05, 0) is 46.2 Å². The van der Waals surface area contributed by atoms with Crippen LogP contribution in [0.2, 0.25) is 0 Å². The highest BCUT2D eigenvalue weighted by Gasteiger charge is 2.32. The highest BCUT2D eigenvalue weighted by molar-refractivity contribution is 6.14. The van der Waals surface area contributed by atoms with Crippen molar-refractivity contribution in [2.45, 2.75) is 6.92 Å². The van der Waals surface area contributed by atoms with Crippen LogP contribution < -0.4 is 4.90 Å². The minimum Gasteiger partial charge on any atom is -0.271 e. The van der Waals surface area contributed by atoms with Crippen LogP contribution >= 0.6 is 0 Å². The van der Waals surface area contributed by atoms with Crippen molar-refractivity contribution in [1.82, 2.24) is 0 Å². The van der Waals surface area contributed by atoms with Gasteiger partial charge >= 0.3 is 0 Å². The summed E-state index contributed by atoms with van der Waals surface area (Å²) in [7, 11) is 2.25. The molecule has 0 fully saturated rings. The van der Waals surface area contributed by atoms with E-state index < -0.39 is 0 Å². The van der Waals surface area contributed by atoms with E-state index in [4.69, 9.17) is 0 Å². The molecule has 0 saturated carbocycles. The Kier molecular flexibility index (Phi) is 2.48. The number of benzene rings is 4. The maximum atomic E-state index is 2.29. The summed E-state index contributed by atoms with van der Waals surface area (Å²) in [6.45, 7) is 2.22. The largest absolute Gasteiger partial charge is 0.271 e. The molecule has 4 aromatic rings. The molecule has 5 rings (SSSR count). The molecular formula is C22H18N+. The zero-order valence-electron chi connectivity index (χ0n) is 13.4. The van der Waals surface area contributed by atoms with Gasteiger partial charge in [-0.1, -0.05) is 42.5 Å². The predicted molar refractivity (Wildman–Crippen MR) is 97.8 cm³/mol. The lowest BCUT2D eigenvalue weighted by Gasteiger charge is -2.09. The van der Waals surface area contributed by atoms with Crippen LogP contribution in [0.25, 0.3) is 32.7 Å². The van der Waals surface area contributed by atoms with Crippen LogP contribution in [0.4, 0.5) is 11.4 Å². The third-order valence-corrected chi connectivity index (χ3v) is 5.24. The molecule has 110 valence electrons. The molecule has 1 unspecified atom stereocenters. The molecule has 0 saturated heterocycles. The first-order valence-electron chi connectivity index (χ1n) is 8.14. The number of fused-ring (bicyclic) bond motifs is 7. The summed E-state index contributed by atoms with van der Waals surface area (Å²) in [4.78, 5) is 1.39. The van der Waals surface area contributed by atoms with E-state index in [2.05, 4.69) is 80.7 Å². The maximum Gasteiger partial charge on any atom is 0.144 e. The number of rotatable bonds is 0. The van der Waals surface area contributed by atoms with E-state index in [0.717, 1.165) is 0 Å². The Morgan fingerprint density at radius 2 is 1.35 bits per heavy atom. The van der Waals surface area contributed by atoms with Crippen molar-refractivity contribution < 1.29 is 4.90 Å². The molecule has 0 amide bonds. The Morgan fingerprint density at radius 3 is 2.22 bits per heavy atom. The lowest BCUT2D eigenvalue weighted by atomic mass is 9.92. The molecule has 1 atom stereocenters. The zero-order chi connectivity index (χ0) is 15.6. The smallest absolute Gasteiger partial charge is 0.144 e. The van der Waals surface area contributed by atoms with E-state index in [-0.39, 0.29) is 0 Å². The second-order valence-electron chi connectivity index (χ2n) is 6.50. The number of nitrogens with one attached hydrogen (secondary N) is 1. The normalized spacial score (nSPS) is 15.8. The van der Waals surface area contributed by atoms with Crippen LogP contribution in [0.1, 0.15) is 5.56 Å². The van der Waals surface area contributed by atoms with Crippen LogP contribution in [0.15, 0.2) is 66.7 Å².